The van der Waals surface area contributed by atoms with Gasteiger partial charge in [0.25, 0.3) is 11.8 Å². The molecule has 7 nitrogen and oxygen atoms in total. The van der Waals surface area contributed by atoms with E-state index in [4.69, 9.17) is 5.11 Å². The highest BCUT2D eigenvalue weighted by Gasteiger charge is 2.35. The van der Waals surface area contributed by atoms with Crippen molar-refractivity contribution in [2.45, 2.75) is 6.54 Å². The summed E-state index contributed by atoms with van der Waals surface area (Å²) in [5.41, 5.74) is 0.513. The lowest BCUT2D eigenvalue weighted by atomic mass is 10.1. The van der Waals surface area contributed by atoms with Crippen LogP contribution in [0.15, 0.2) is 48.4 Å². The second-order valence-electron chi connectivity index (χ2n) is 5.21. The number of benzene rings is 1. The second-order valence-corrected chi connectivity index (χ2v) is 5.21. The Morgan fingerprint density at radius 3 is 2.25 bits per heavy atom. The topological polar surface area (TPSA) is 92.5 Å². The number of carbonyl (C=O) groups is 3. The van der Waals surface area contributed by atoms with Crippen molar-refractivity contribution in [1.29, 1.82) is 0 Å². The molecule has 24 heavy (non-hydrogen) atoms. The summed E-state index contributed by atoms with van der Waals surface area (Å²) in [7, 11) is 0. The van der Waals surface area contributed by atoms with Crippen molar-refractivity contribution in [2.75, 3.05) is 6.54 Å². The van der Waals surface area contributed by atoms with E-state index in [1.54, 1.807) is 24.3 Å². The van der Waals surface area contributed by atoms with Crippen molar-refractivity contribution in [3.8, 4) is 0 Å². The third-order valence-electron chi connectivity index (χ3n) is 3.62. The molecule has 0 spiro atoms. The molecule has 1 aliphatic rings. The van der Waals surface area contributed by atoms with Crippen LogP contribution in [0.1, 0.15) is 31.2 Å². The molecule has 1 aromatic heterocycles. The first-order valence-corrected chi connectivity index (χ1v) is 7.01. The third kappa shape index (κ3) is 2.69. The zero-order valence-corrected chi connectivity index (χ0v) is 12.3. The Balaban J connectivity index is 1.76. The van der Waals surface area contributed by atoms with Crippen molar-refractivity contribution >= 4 is 17.8 Å². The molecule has 8 heteroatoms. The van der Waals surface area contributed by atoms with Crippen LogP contribution >= 0.6 is 0 Å². The number of carbonyl (C=O) groups excluding carboxylic acids is 2. The van der Waals surface area contributed by atoms with Gasteiger partial charge in [0, 0.05) is 6.20 Å². The van der Waals surface area contributed by atoms with Crippen molar-refractivity contribution in [3.63, 3.8) is 0 Å². The van der Waals surface area contributed by atoms with Crippen LogP contribution in [0.4, 0.5) is 4.39 Å². The Hall–Kier alpha value is -3.29. The second kappa shape index (κ2) is 6.07. The van der Waals surface area contributed by atoms with Crippen molar-refractivity contribution < 1.29 is 23.9 Å². The maximum absolute atomic E-state index is 13.2. The lowest BCUT2D eigenvalue weighted by Crippen LogP contribution is -2.32. The first-order valence-electron chi connectivity index (χ1n) is 7.01. The van der Waals surface area contributed by atoms with Crippen LogP contribution in [0.5, 0.6) is 0 Å². The van der Waals surface area contributed by atoms with Gasteiger partial charge in [0.1, 0.15) is 0 Å². The fraction of sp³-hybridized carbons (Fsp3) is 0.125. The average molecular weight is 329 g/mol. The molecule has 0 saturated carbocycles. The quantitative estimate of drug-likeness (QED) is 0.843. The molecule has 1 aromatic carbocycles. The minimum atomic E-state index is -1.19. The third-order valence-corrected chi connectivity index (χ3v) is 3.62. The Morgan fingerprint density at radius 2 is 1.75 bits per heavy atom. The number of carboxylic acid groups (broad SMARTS) is 1. The highest BCUT2D eigenvalue weighted by atomic mass is 19.1. The first-order chi connectivity index (χ1) is 11.5. The molecule has 0 bridgehead atoms. The van der Waals surface area contributed by atoms with Gasteiger partial charge in [0.2, 0.25) is 0 Å². The molecular weight excluding hydrogens is 317 g/mol. The molecule has 1 aliphatic heterocycles. The molecule has 0 unspecified atom stereocenters. The van der Waals surface area contributed by atoms with E-state index >= 15 is 0 Å². The summed E-state index contributed by atoms with van der Waals surface area (Å²) in [5, 5.41) is 12.6. The van der Waals surface area contributed by atoms with Crippen LogP contribution in [-0.4, -0.2) is 44.1 Å². The molecule has 122 valence electrons. The number of aromatic nitrogens is 2. The standard InChI is InChI=1S/C16H12FN3O4/c17-7-10(8-19-6-5-13(18-19)16(23)24)9-20-14(21)11-3-1-2-4-12(11)15(20)22/h1-7H,8-9H2,(H,23,24)/b10-7-. The fourth-order valence-corrected chi connectivity index (χ4v) is 2.48. The number of nitrogens with zero attached hydrogens (tertiary/aromatic N) is 3. The molecular formula is C16H12FN3O4. The maximum atomic E-state index is 13.2. The molecule has 1 N–H and O–H groups in total. The monoisotopic (exact) mass is 329 g/mol. The summed E-state index contributed by atoms with van der Waals surface area (Å²) >= 11 is 0. The lowest BCUT2D eigenvalue weighted by Gasteiger charge is -2.15. The SMILES string of the molecule is O=C(O)c1ccn(C/C(=C/F)CN2C(=O)c3ccccc3C2=O)n1. The number of amides is 2. The highest BCUT2D eigenvalue weighted by Crippen LogP contribution is 2.23. The van der Waals surface area contributed by atoms with E-state index in [0.717, 1.165) is 4.90 Å². The molecule has 2 amide bonds. The molecule has 0 aliphatic carbocycles. The van der Waals surface area contributed by atoms with Gasteiger partial charge in [0.05, 0.1) is 30.5 Å². The number of fused-ring (bicyclic) bond motifs is 1. The van der Waals surface area contributed by atoms with Crippen LogP contribution < -0.4 is 0 Å². The Kier molecular flexibility index (Phi) is 3.95. The predicted molar refractivity (Wildman–Crippen MR) is 80.2 cm³/mol. The molecule has 0 radical (unpaired) electrons. The number of imide groups is 1. The van der Waals surface area contributed by atoms with Gasteiger partial charge in [-0.05, 0) is 23.8 Å². The lowest BCUT2D eigenvalue weighted by molar-refractivity contribution is 0.0662. The number of halogens is 1. The van der Waals surface area contributed by atoms with E-state index in [0.29, 0.717) is 6.33 Å². The van der Waals surface area contributed by atoms with Gasteiger partial charge >= 0.3 is 5.97 Å². The van der Waals surface area contributed by atoms with E-state index < -0.39 is 17.8 Å². The molecule has 3 rings (SSSR count). The number of hydrogen-bond acceptors (Lipinski definition) is 4. The average Bonchev–Trinajstić information content (AvgIpc) is 3.14. The Labute approximate surface area is 135 Å². The van der Waals surface area contributed by atoms with E-state index in [2.05, 4.69) is 5.10 Å². The van der Waals surface area contributed by atoms with Gasteiger partial charge in [-0.25, -0.2) is 9.18 Å². The summed E-state index contributed by atoms with van der Waals surface area (Å²) < 4.78 is 14.4. The largest absolute Gasteiger partial charge is 0.476 e. The predicted octanol–water partition coefficient (Wildman–Crippen LogP) is 1.73. The van der Waals surface area contributed by atoms with Gasteiger partial charge < -0.3 is 5.11 Å². The normalized spacial score (nSPS) is 14.2. The van der Waals surface area contributed by atoms with Crippen LogP contribution in [0.2, 0.25) is 0 Å². The van der Waals surface area contributed by atoms with Crippen molar-refractivity contribution in [2.24, 2.45) is 0 Å². The van der Waals surface area contributed by atoms with Crippen molar-refractivity contribution in [1.82, 2.24) is 14.7 Å². The summed E-state index contributed by atoms with van der Waals surface area (Å²) in [5.74, 6) is -2.16. The number of carboxylic acids is 1. The molecule has 0 saturated heterocycles. The zero-order valence-electron chi connectivity index (χ0n) is 12.3. The van der Waals surface area contributed by atoms with Crippen LogP contribution in [0.3, 0.4) is 0 Å². The van der Waals surface area contributed by atoms with E-state index in [9.17, 15) is 18.8 Å². The van der Waals surface area contributed by atoms with Gasteiger partial charge in [0.15, 0.2) is 5.69 Å². The van der Waals surface area contributed by atoms with Gasteiger partial charge in [-0.2, -0.15) is 5.10 Å². The molecule has 2 aromatic rings. The van der Waals surface area contributed by atoms with Crippen LogP contribution in [0, 0.1) is 0 Å². The van der Waals surface area contributed by atoms with Gasteiger partial charge in [-0.1, -0.05) is 12.1 Å². The highest BCUT2D eigenvalue weighted by molar-refractivity contribution is 6.21. The minimum Gasteiger partial charge on any atom is -0.476 e. The van der Waals surface area contributed by atoms with E-state index in [-0.39, 0.29) is 35.5 Å². The maximum Gasteiger partial charge on any atom is 0.356 e. The Morgan fingerprint density at radius 1 is 1.12 bits per heavy atom. The number of hydrogen-bond donors (Lipinski definition) is 1. The molecule has 0 fully saturated rings. The van der Waals surface area contributed by atoms with Crippen LogP contribution in [-0.2, 0) is 6.54 Å². The number of rotatable bonds is 5. The van der Waals surface area contributed by atoms with E-state index in [1.807, 2.05) is 0 Å². The number of aromatic carboxylic acids is 1. The molecule has 0 atom stereocenters. The minimum absolute atomic E-state index is 0.0722. The fourth-order valence-electron chi connectivity index (χ4n) is 2.48. The zero-order chi connectivity index (χ0) is 17.3. The summed E-state index contributed by atoms with van der Waals surface area (Å²) in [6, 6.07) is 7.66. The summed E-state index contributed by atoms with van der Waals surface area (Å²) in [4.78, 5) is 36.3. The van der Waals surface area contributed by atoms with Crippen LogP contribution in [0.25, 0.3) is 0 Å². The summed E-state index contributed by atoms with van der Waals surface area (Å²) in [6.07, 6.45) is 1.68. The Bertz CT molecular complexity index is 837. The molecule has 2 heterocycles. The smallest absolute Gasteiger partial charge is 0.356 e. The first kappa shape index (κ1) is 15.6. The summed E-state index contributed by atoms with van der Waals surface area (Å²) in [6.45, 7) is -0.303. The van der Waals surface area contributed by atoms with Gasteiger partial charge in [-0.3, -0.25) is 19.2 Å². The van der Waals surface area contributed by atoms with Crippen molar-refractivity contribution in [3.05, 3.63) is 65.3 Å². The van der Waals surface area contributed by atoms with Gasteiger partial charge in [-0.15, -0.1) is 0 Å². The van der Waals surface area contributed by atoms with E-state index in [1.165, 1.54) is 16.9 Å².